The Bertz CT molecular complexity index is 593. The number of aryl methyl sites for hydroxylation is 1. The van der Waals surface area contributed by atoms with Crippen molar-refractivity contribution in [2.24, 2.45) is 0 Å². The third kappa shape index (κ3) is 5.35. The zero-order valence-corrected chi connectivity index (χ0v) is 12.7. The Hall–Kier alpha value is 0.521. The summed E-state index contributed by atoms with van der Waals surface area (Å²) in [4.78, 5) is -2.01. The molecular weight excluding hydrogens is 460 g/mol. The van der Waals surface area contributed by atoms with Crippen LogP contribution in [0.2, 0.25) is 0 Å². The van der Waals surface area contributed by atoms with Crippen molar-refractivity contribution in [1.29, 1.82) is 0 Å². The van der Waals surface area contributed by atoms with Gasteiger partial charge in [-0.2, -0.15) is 0 Å². The van der Waals surface area contributed by atoms with Gasteiger partial charge in [0.2, 0.25) is 0 Å². The van der Waals surface area contributed by atoms with Crippen LogP contribution >= 0.6 is 0 Å². The van der Waals surface area contributed by atoms with Crippen molar-refractivity contribution in [1.82, 2.24) is 0 Å². The number of hydrogen-bond donors (Lipinski definition) is 0. The fourth-order valence-corrected chi connectivity index (χ4v) is 2.81. The van der Waals surface area contributed by atoms with Gasteiger partial charge >= 0.3 is 44.8 Å². The zero-order valence-electron chi connectivity index (χ0n) is 8.10. The summed E-state index contributed by atoms with van der Waals surface area (Å²) in [6.45, 7) is 1.47. The molecule has 0 saturated heterocycles. The maximum absolute atomic E-state index is 10.7. The molecule has 0 aromatic heterocycles. The van der Waals surface area contributed by atoms with Gasteiger partial charge in [-0.05, 0) is 24.6 Å². The summed E-state index contributed by atoms with van der Waals surface area (Å²) in [6.07, 6.45) is 0. The molecule has 6 nitrogen and oxygen atoms in total. The first-order valence-electron chi connectivity index (χ1n) is 3.65. The van der Waals surface area contributed by atoms with Gasteiger partial charge < -0.3 is 9.11 Å². The van der Waals surface area contributed by atoms with Crippen molar-refractivity contribution in [3.8, 4) is 0 Å². The monoisotopic (exact) mass is 464 g/mol. The van der Waals surface area contributed by atoms with Crippen LogP contribution in [0.3, 0.4) is 0 Å². The van der Waals surface area contributed by atoms with Crippen molar-refractivity contribution in [2.75, 3.05) is 0 Å². The molecule has 0 aliphatic rings. The van der Waals surface area contributed by atoms with Crippen LogP contribution in [0.1, 0.15) is 5.56 Å². The van der Waals surface area contributed by atoms with Crippen molar-refractivity contribution in [3.63, 3.8) is 0 Å². The minimum absolute atomic E-state index is 0. The van der Waals surface area contributed by atoms with Crippen LogP contribution < -0.4 is 0 Å². The van der Waals surface area contributed by atoms with Gasteiger partial charge in [-0.15, -0.1) is 0 Å². The summed E-state index contributed by atoms with van der Waals surface area (Å²) in [7, 11) is -9.93. The van der Waals surface area contributed by atoms with Crippen LogP contribution in [0.25, 0.3) is 0 Å². The maximum Gasteiger partial charge on any atom is 1.00 e. The Labute approximate surface area is 130 Å². The van der Waals surface area contributed by atoms with E-state index in [9.17, 15) is 25.9 Å². The average Bonchev–Trinajstić information content (AvgIpc) is 2.00. The van der Waals surface area contributed by atoms with Crippen LogP contribution in [0.4, 0.5) is 0 Å². The van der Waals surface area contributed by atoms with Gasteiger partial charge in [0.15, 0.2) is 0 Å². The third-order valence-corrected chi connectivity index (χ3v) is 3.54. The fraction of sp³-hybridized carbons (Fsp3) is 0.143. The van der Waals surface area contributed by atoms with E-state index in [2.05, 4.69) is 0 Å². The number of hydrogen-bond acceptors (Lipinski definition) is 6. The van der Waals surface area contributed by atoms with E-state index in [0.29, 0.717) is 5.56 Å². The van der Waals surface area contributed by atoms with E-state index in [1.54, 1.807) is 0 Å². The minimum Gasteiger partial charge on any atom is -0.744 e. The Morgan fingerprint density at radius 3 is 1.65 bits per heavy atom. The molecule has 0 aliphatic heterocycles. The predicted octanol–water partition coefficient (Wildman–Crippen LogP) is -0.202. The van der Waals surface area contributed by atoms with E-state index in [0.717, 1.165) is 12.1 Å². The fourth-order valence-electron chi connectivity index (χ4n) is 1.02. The van der Waals surface area contributed by atoms with E-state index in [4.69, 9.17) is 0 Å². The number of benzene rings is 1. The topological polar surface area (TPSA) is 114 Å². The Morgan fingerprint density at radius 1 is 0.882 bits per heavy atom. The zero-order chi connectivity index (χ0) is 11.9. The largest absolute Gasteiger partial charge is 1.00 e. The second kappa shape index (κ2) is 6.62. The molecule has 17 heavy (non-hydrogen) atoms. The molecule has 1 aromatic rings. The first kappa shape index (κ1) is 19.9. The summed E-state index contributed by atoms with van der Waals surface area (Å²) in [5.41, 5.74) is 0.372. The second-order valence-electron chi connectivity index (χ2n) is 2.86. The molecule has 0 amide bonds. The molecule has 104 valence electrons. The second-order valence-corrected chi connectivity index (χ2v) is 5.55. The van der Waals surface area contributed by atoms with Crippen molar-refractivity contribution in [2.45, 2.75) is 16.7 Å². The summed E-state index contributed by atoms with van der Waals surface area (Å²) in [5.74, 6) is 0. The predicted molar refractivity (Wildman–Crippen MR) is 47.1 cm³/mol. The Kier molecular flexibility index (Phi) is 7.73. The molecule has 0 bridgehead atoms. The van der Waals surface area contributed by atoms with Gasteiger partial charge in [-0.1, -0.05) is 6.07 Å². The molecule has 1 aromatic carbocycles. The Balaban J connectivity index is 0. The first-order chi connectivity index (χ1) is 6.62. The van der Waals surface area contributed by atoms with Gasteiger partial charge in [-0.25, -0.2) is 16.8 Å². The van der Waals surface area contributed by atoms with Crippen molar-refractivity contribution >= 4 is 20.2 Å². The van der Waals surface area contributed by atoms with Gasteiger partial charge in [0.1, 0.15) is 20.2 Å². The summed E-state index contributed by atoms with van der Waals surface area (Å²) in [5, 5.41) is 0. The Morgan fingerprint density at radius 2 is 1.29 bits per heavy atom. The van der Waals surface area contributed by atoms with E-state index >= 15 is 0 Å². The van der Waals surface area contributed by atoms with Crippen molar-refractivity contribution < 1.29 is 70.7 Å². The molecule has 10 heteroatoms. The maximum atomic E-state index is 10.7. The minimum atomic E-state index is -4.97. The molecule has 0 spiro atoms. The van der Waals surface area contributed by atoms with Gasteiger partial charge in [-0.3, -0.25) is 0 Å². The molecule has 0 radical (unpaired) electrons. The van der Waals surface area contributed by atoms with Crippen LogP contribution in [0.5, 0.6) is 0 Å². The molecule has 0 atom stereocenters. The summed E-state index contributed by atoms with van der Waals surface area (Å²) >= 11 is 0. The first-order valence-corrected chi connectivity index (χ1v) is 6.46. The smallest absolute Gasteiger partial charge is 0.744 e. The molecule has 0 heterocycles. The molecule has 0 aliphatic carbocycles. The summed E-state index contributed by atoms with van der Waals surface area (Å²) in [6, 6.07) is 2.90. The van der Waals surface area contributed by atoms with Crippen molar-refractivity contribution in [3.05, 3.63) is 23.8 Å². The van der Waals surface area contributed by atoms with Crippen LogP contribution in [0, 0.1) is 6.92 Å². The van der Waals surface area contributed by atoms with Crippen LogP contribution in [-0.2, 0) is 65.0 Å². The number of rotatable bonds is 2. The summed E-state index contributed by atoms with van der Waals surface area (Å²) < 4.78 is 64.0. The molecule has 0 saturated carbocycles. The quantitative estimate of drug-likeness (QED) is 0.441. The van der Waals surface area contributed by atoms with E-state index in [1.165, 1.54) is 13.0 Å². The molecule has 0 fully saturated rings. The molecular formula is C7H6Ag2O6S2. The van der Waals surface area contributed by atoms with Gasteiger partial charge in [0.25, 0.3) is 0 Å². The van der Waals surface area contributed by atoms with Crippen LogP contribution in [0.15, 0.2) is 28.0 Å². The molecule has 0 unspecified atom stereocenters. The third-order valence-electron chi connectivity index (χ3n) is 1.64. The van der Waals surface area contributed by atoms with Gasteiger partial charge in [0, 0.05) is 0 Å². The van der Waals surface area contributed by atoms with E-state index in [-0.39, 0.29) is 44.8 Å². The van der Waals surface area contributed by atoms with Gasteiger partial charge in [0.05, 0.1) is 9.79 Å². The normalized spacial score (nSPS) is 11.2. The molecule has 0 N–H and O–H groups in total. The van der Waals surface area contributed by atoms with E-state index in [1.807, 2.05) is 0 Å². The van der Waals surface area contributed by atoms with Crippen LogP contribution in [-0.4, -0.2) is 25.9 Å². The average molecular weight is 466 g/mol. The molecule has 1 rings (SSSR count). The SMILES string of the molecule is Cc1ccc(S(=O)(=O)[O-])c(S(=O)(=O)[O-])c1.[Ag+].[Ag+]. The standard InChI is InChI=1S/C7H8O6S2.2Ag/c1-5-2-3-6(14(8,9)10)7(4-5)15(11,12)13;;/h2-4H,1H3,(H,8,9,10)(H,11,12,13);;/q;2*+1/p-2. The van der Waals surface area contributed by atoms with E-state index < -0.39 is 30.0 Å².